The third-order valence-electron chi connectivity index (χ3n) is 10.9. The number of hydrogen-bond acceptors (Lipinski definition) is 1. The molecule has 10 aromatic carbocycles. The van der Waals surface area contributed by atoms with Gasteiger partial charge in [-0.15, -0.1) is 0 Å². The second-order valence-electron chi connectivity index (χ2n) is 14.2. The van der Waals surface area contributed by atoms with Crippen molar-refractivity contribution < 1.29 is 0 Å². The van der Waals surface area contributed by atoms with Crippen LogP contribution in [0, 0.1) is 0 Å². The average molecular weight is 700 g/mol. The number of benzene rings is 10. The first-order valence-electron chi connectivity index (χ1n) is 18.9. The largest absolute Gasteiger partial charge is 0.310 e. The van der Waals surface area contributed by atoms with E-state index in [0.29, 0.717) is 0 Å². The van der Waals surface area contributed by atoms with Crippen molar-refractivity contribution in [3.63, 3.8) is 0 Å². The summed E-state index contributed by atoms with van der Waals surface area (Å²) in [5.74, 6) is 0. The van der Waals surface area contributed by atoms with Crippen LogP contribution in [0.4, 0.5) is 17.1 Å². The summed E-state index contributed by atoms with van der Waals surface area (Å²) in [4.78, 5) is 2.37. The zero-order valence-electron chi connectivity index (χ0n) is 30.3. The van der Waals surface area contributed by atoms with Gasteiger partial charge in [-0.05, 0) is 119 Å². The maximum atomic E-state index is 2.37. The molecule has 0 heterocycles. The first-order chi connectivity index (χ1) is 27.2. The Hall–Kier alpha value is -7.22. The summed E-state index contributed by atoms with van der Waals surface area (Å²) in [5.41, 5.74) is 13.0. The highest BCUT2D eigenvalue weighted by molar-refractivity contribution is 6.08. The number of rotatable bonds is 7. The van der Waals surface area contributed by atoms with Gasteiger partial charge < -0.3 is 4.90 Å². The summed E-state index contributed by atoms with van der Waals surface area (Å²) in [6, 6.07) is 81.4. The molecule has 258 valence electrons. The third kappa shape index (κ3) is 6.22. The van der Waals surface area contributed by atoms with E-state index in [1.807, 2.05) is 0 Å². The van der Waals surface area contributed by atoms with Crippen LogP contribution in [0.2, 0.25) is 0 Å². The number of nitrogens with zero attached hydrogens (tertiary/aromatic N) is 1. The summed E-state index contributed by atoms with van der Waals surface area (Å²) >= 11 is 0. The molecule has 0 aliphatic carbocycles. The molecule has 0 spiro atoms. The summed E-state index contributed by atoms with van der Waals surface area (Å²) < 4.78 is 0. The molecular weight excluding hydrogens is 663 g/mol. The van der Waals surface area contributed by atoms with Gasteiger partial charge in [-0.2, -0.15) is 0 Å². The molecule has 0 radical (unpaired) electrons. The van der Waals surface area contributed by atoms with Crippen LogP contribution in [0.5, 0.6) is 0 Å². The van der Waals surface area contributed by atoms with E-state index in [9.17, 15) is 0 Å². The first kappa shape index (κ1) is 32.4. The molecule has 0 unspecified atom stereocenters. The van der Waals surface area contributed by atoms with E-state index >= 15 is 0 Å². The highest BCUT2D eigenvalue weighted by Crippen LogP contribution is 2.40. The van der Waals surface area contributed by atoms with Gasteiger partial charge in [0.25, 0.3) is 0 Å². The van der Waals surface area contributed by atoms with E-state index in [0.717, 1.165) is 17.1 Å². The Balaban J connectivity index is 1.03. The van der Waals surface area contributed by atoms with E-state index in [4.69, 9.17) is 0 Å². The van der Waals surface area contributed by atoms with Crippen LogP contribution in [0.1, 0.15) is 0 Å². The quantitative estimate of drug-likeness (QED) is 0.150. The molecule has 1 heteroatoms. The molecule has 10 rings (SSSR count). The maximum Gasteiger partial charge on any atom is 0.0467 e. The van der Waals surface area contributed by atoms with Gasteiger partial charge in [-0.25, -0.2) is 0 Å². The minimum atomic E-state index is 1.10. The Morgan fingerprint density at radius 2 is 0.673 bits per heavy atom. The van der Waals surface area contributed by atoms with Crippen LogP contribution in [0.15, 0.2) is 224 Å². The van der Waals surface area contributed by atoms with Crippen LogP contribution in [0.3, 0.4) is 0 Å². The van der Waals surface area contributed by atoms with Crippen LogP contribution in [0.25, 0.3) is 76.8 Å². The summed E-state index contributed by atoms with van der Waals surface area (Å²) in [6.07, 6.45) is 0. The standard InChI is InChI=1S/C54H37N/c1-2-10-38(11-3-1)39-20-22-40(23-21-39)41-26-31-48(32-27-41)55(50-16-8-15-46(37-50)53-19-9-14-43-12-4-6-17-51(43)53)49-33-28-42(29-34-49)45-30-35-54-47(36-45)25-24-44-13-5-7-18-52(44)54/h1-37H. The van der Waals surface area contributed by atoms with Gasteiger partial charge in [0.15, 0.2) is 0 Å². The molecule has 0 aliphatic rings. The fourth-order valence-electron chi connectivity index (χ4n) is 8.02. The molecule has 0 atom stereocenters. The summed E-state index contributed by atoms with van der Waals surface area (Å²) in [6.45, 7) is 0. The molecule has 0 aromatic heterocycles. The molecule has 55 heavy (non-hydrogen) atoms. The van der Waals surface area contributed by atoms with Crippen molar-refractivity contribution in [1.82, 2.24) is 0 Å². The topological polar surface area (TPSA) is 3.24 Å². The van der Waals surface area contributed by atoms with Crippen molar-refractivity contribution in [1.29, 1.82) is 0 Å². The van der Waals surface area contributed by atoms with Gasteiger partial charge in [0.1, 0.15) is 0 Å². The summed E-state index contributed by atoms with van der Waals surface area (Å²) in [7, 11) is 0. The minimum Gasteiger partial charge on any atom is -0.310 e. The lowest BCUT2D eigenvalue weighted by atomic mass is 9.97. The number of hydrogen-bond donors (Lipinski definition) is 0. The molecule has 0 saturated heterocycles. The molecule has 0 N–H and O–H groups in total. The molecule has 10 aromatic rings. The van der Waals surface area contributed by atoms with Crippen molar-refractivity contribution in [2.45, 2.75) is 0 Å². The van der Waals surface area contributed by atoms with Gasteiger partial charge in [-0.1, -0.05) is 182 Å². The molecule has 0 amide bonds. The lowest BCUT2D eigenvalue weighted by molar-refractivity contribution is 1.28. The van der Waals surface area contributed by atoms with Crippen molar-refractivity contribution in [3.05, 3.63) is 224 Å². The molecule has 0 fully saturated rings. The third-order valence-corrected chi connectivity index (χ3v) is 10.9. The van der Waals surface area contributed by atoms with Crippen molar-refractivity contribution in [2.24, 2.45) is 0 Å². The Morgan fingerprint density at radius 3 is 1.36 bits per heavy atom. The second-order valence-corrected chi connectivity index (χ2v) is 14.2. The highest BCUT2D eigenvalue weighted by atomic mass is 15.1. The van der Waals surface area contributed by atoms with Crippen LogP contribution < -0.4 is 4.90 Å². The monoisotopic (exact) mass is 699 g/mol. The normalized spacial score (nSPS) is 11.3. The van der Waals surface area contributed by atoms with Crippen molar-refractivity contribution >= 4 is 49.4 Å². The van der Waals surface area contributed by atoms with E-state index in [-0.39, 0.29) is 0 Å². The Bertz CT molecular complexity index is 2940. The Morgan fingerprint density at radius 1 is 0.218 bits per heavy atom. The van der Waals surface area contributed by atoms with Crippen LogP contribution in [-0.2, 0) is 0 Å². The lowest BCUT2D eigenvalue weighted by Crippen LogP contribution is -2.10. The Labute approximate surface area is 322 Å². The molecular formula is C54H37N. The molecule has 0 saturated carbocycles. The molecule has 0 aliphatic heterocycles. The summed E-state index contributed by atoms with van der Waals surface area (Å²) in [5, 5.41) is 7.59. The Kier molecular flexibility index (Phi) is 8.24. The fraction of sp³-hybridized carbons (Fsp3) is 0. The maximum absolute atomic E-state index is 2.37. The minimum absolute atomic E-state index is 1.10. The van der Waals surface area contributed by atoms with Gasteiger partial charge in [0, 0.05) is 17.1 Å². The van der Waals surface area contributed by atoms with E-state index < -0.39 is 0 Å². The van der Waals surface area contributed by atoms with Crippen molar-refractivity contribution in [2.75, 3.05) is 4.90 Å². The van der Waals surface area contributed by atoms with Crippen LogP contribution in [-0.4, -0.2) is 0 Å². The first-order valence-corrected chi connectivity index (χ1v) is 18.9. The molecule has 0 bridgehead atoms. The predicted molar refractivity (Wildman–Crippen MR) is 235 cm³/mol. The van der Waals surface area contributed by atoms with Crippen molar-refractivity contribution in [3.8, 4) is 44.5 Å². The van der Waals surface area contributed by atoms with Gasteiger partial charge >= 0.3 is 0 Å². The SMILES string of the molecule is c1ccc(-c2ccc(-c3ccc(N(c4ccc(-c5ccc6c(ccc7ccccc76)c5)cc4)c4cccc(-c5cccc6ccccc56)c4)cc3)cc2)cc1. The zero-order chi connectivity index (χ0) is 36.6. The highest BCUT2D eigenvalue weighted by Gasteiger charge is 2.15. The fourth-order valence-corrected chi connectivity index (χ4v) is 8.02. The molecule has 1 nitrogen and oxygen atoms in total. The van der Waals surface area contributed by atoms with E-state index in [1.165, 1.54) is 76.8 Å². The van der Waals surface area contributed by atoms with Gasteiger partial charge in [0.05, 0.1) is 0 Å². The van der Waals surface area contributed by atoms with Gasteiger partial charge in [-0.3, -0.25) is 0 Å². The zero-order valence-corrected chi connectivity index (χ0v) is 30.3. The smallest absolute Gasteiger partial charge is 0.0467 e. The van der Waals surface area contributed by atoms with Gasteiger partial charge in [0.2, 0.25) is 0 Å². The average Bonchev–Trinajstić information content (AvgIpc) is 3.27. The number of anilines is 3. The lowest BCUT2D eigenvalue weighted by Gasteiger charge is -2.26. The van der Waals surface area contributed by atoms with Crippen LogP contribution >= 0.6 is 0 Å². The van der Waals surface area contributed by atoms with E-state index in [2.05, 4.69) is 229 Å². The van der Waals surface area contributed by atoms with E-state index in [1.54, 1.807) is 0 Å². The predicted octanol–water partition coefficient (Wildman–Crippen LogP) is 15.3. The number of fused-ring (bicyclic) bond motifs is 4. The second kappa shape index (κ2) is 14.0.